The number of nitrogens with zero attached hydrogens (tertiary/aromatic N) is 1. The first kappa shape index (κ1) is 14.9. The molecule has 1 aromatic carbocycles. The minimum atomic E-state index is 0.0223. The summed E-state index contributed by atoms with van der Waals surface area (Å²) in [6, 6.07) is 9.72. The Morgan fingerprint density at radius 1 is 1.35 bits per heavy atom. The van der Waals surface area contributed by atoms with Crippen LogP contribution < -0.4 is 10.1 Å². The number of ether oxygens (including phenoxy) is 1. The quantitative estimate of drug-likeness (QED) is 0.837. The summed E-state index contributed by atoms with van der Waals surface area (Å²) >= 11 is 0. The number of amides is 1. The first-order chi connectivity index (χ1) is 9.57. The zero-order valence-corrected chi connectivity index (χ0v) is 12.4. The molecule has 1 N–H and O–H groups in total. The van der Waals surface area contributed by atoms with Gasteiger partial charge in [0.05, 0.1) is 6.61 Å². The maximum atomic E-state index is 12.1. The molecule has 0 atom stereocenters. The van der Waals surface area contributed by atoms with Gasteiger partial charge in [0.1, 0.15) is 5.75 Å². The Bertz CT molecular complexity index is 431. The highest BCUT2D eigenvalue weighted by atomic mass is 16.5. The molecule has 1 amide bonds. The van der Waals surface area contributed by atoms with Crippen molar-refractivity contribution in [3.63, 3.8) is 0 Å². The summed E-state index contributed by atoms with van der Waals surface area (Å²) in [4.78, 5) is 14.1. The summed E-state index contributed by atoms with van der Waals surface area (Å²) in [5.74, 6) is 1.10. The second-order valence-electron chi connectivity index (χ2n) is 5.89. The summed E-state index contributed by atoms with van der Waals surface area (Å²) in [6.07, 6.45) is 1.32. The van der Waals surface area contributed by atoms with Crippen molar-refractivity contribution in [3.05, 3.63) is 30.3 Å². The van der Waals surface area contributed by atoms with Gasteiger partial charge in [0.25, 0.3) is 0 Å². The van der Waals surface area contributed by atoms with Crippen molar-refractivity contribution in [3.8, 4) is 5.75 Å². The maximum absolute atomic E-state index is 12.1. The SMILES string of the molecule is CC1(C)CN(C(=O)CCCOc2ccccc2)CCN1. The normalized spacial score (nSPS) is 17.8. The molecule has 0 bridgehead atoms. The zero-order valence-electron chi connectivity index (χ0n) is 12.4. The van der Waals surface area contributed by atoms with Gasteiger partial charge < -0.3 is 15.0 Å². The Morgan fingerprint density at radius 2 is 2.10 bits per heavy atom. The highest BCUT2D eigenvalue weighted by molar-refractivity contribution is 5.76. The number of hydrogen-bond donors (Lipinski definition) is 1. The smallest absolute Gasteiger partial charge is 0.222 e. The third kappa shape index (κ3) is 4.53. The van der Waals surface area contributed by atoms with Gasteiger partial charge in [-0.25, -0.2) is 0 Å². The summed E-state index contributed by atoms with van der Waals surface area (Å²) in [7, 11) is 0. The topological polar surface area (TPSA) is 41.6 Å². The van der Waals surface area contributed by atoms with E-state index in [0.717, 1.165) is 31.8 Å². The molecule has 0 radical (unpaired) electrons. The van der Waals surface area contributed by atoms with Crippen molar-refractivity contribution in [2.45, 2.75) is 32.2 Å². The number of para-hydroxylation sites is 1. The van der Waals surface area contributed by atoms with Crippen LogP contribution in [-0.4, -0.2) is 42.6 Å². The molecule has 110 valence electrons. The van der Waals surface area contributed by atoms with Crippen molar-refractivity contribution in [1.82, 2.24) is 10.2 Å². The van der Waals surface area contributed by atoms with Crippen LogP contribution in [0.2, 0.25) is 0 Å². The van der Waals surface area contributed by atoms with Crippen LogP contribution in [0.15, 0.2) is 30.3 Å². The molecule has 4 heteroatoms. The van der Waals surface area contributed by atoms with Crippen molar-refractivity contribution < 1.29 is 9.53 Å². The molecular formula is C16H24N2O2. The van der Waals surface area contributed by atoms with E-state index < -0.39 is 0 Å². The Labute approximate surface area is 121 Å². The molecule has 4 nitrogen and oxygen atoms in total. The largest absolute Gasteiger partial charge is 0.494 e. The molecule has 0 aromatic heterocycles. The van der Waals surface area contributed by atoms with Gasteiger partial charge >= 0.3 is 0 Å². The van der Waals surface area contributed by atoms with Gasteiger partial charge in [0.15, 0.2) is 0 Å². The second kappa shape index (κ2) is 6.75. The van der Waals surface area contributed by atoms with Crippen LogP contribution in [0.1, 0.15) is 26.7 Å². The number of hydrogen-bond acceptors (Lipinski definition) is 3. The molecular weight excluding hydrogens is 252 g/mol. The van der Waals surface area contributed by atoms with E-state index in [1.165, 1.54) is 0 Å². The average Bonchev–Trinajstić information content (AvgIpc) is 2.43. The van der Waals surface area contributed by atoms with Gasteiger partial charge in [-0.2, -0.15) is 0 Å². The van der Waals surface area contributed by atoms with Gasteiger partial charge in [-0.15, -0.1) is 0 Å². The number of carbonyl (C=O) groups is 1. The molecule has 20 heavy (non-hydrogen) atoms. The minimum absolute atomic E-state index is 0.0223. The fraction of sp³-hybridized carbons (Fsp3) is 0.562. The van der Waals surface area contributed by atoms with Gasteiger partial charge in [-0.05, 0) is 32.4 Å². The monoisotopic (exact) mass is 276 g/mol. The van der Waals surface area contributed by atoms with Crippen LogP contribution >= 0.6 is 0 Å². The molecule has 1 fully saturated rings. The summed E-state index contributed by atoms with van der Waals surface area (Å²) in [6.45, 7) is 7.31. The van der Waals surface area contributed by atoms with Crippen molar-refractivity contribution in [1.29, 1.82) is 0 Å². The molecule has 1 saturated heterocycles. The molecule has 1 aliphatic heterocycles. The number of carbonyl (C=O) groups excluding carboxylic acids is 1. The lowest BCUT2D eigenvalue weighted by Crippen LogP contribution is -2.58. The Balaban J connectivity index is 1.67. The van der Waals surface area contributed by atoms with Crippen LogP contribution in [0.25, 0.3) is 0 Å². The summed E-state index contributed by atoms with van der Waals surface area (Å²) in [5.41, 5.74) is 0.0223. The molecule has 1 aliphatic rings. The number of piperazine rings is 1. The highest BCUT2D eigenvalue weighted by Crippen LogP contribution is 2.13. The first-order valence-electron chi connectivity index (χ1n) is 7.27. The van der Waals surface area contributed by atoms with Crippen molar-refractivity contribution in [2.24, 2.45) is 0 Å². The maximum Gasteiger partial charge on any atom is 0.222 e. The summed E-state index contributed by atoms with van der Waals surface area (Å²) in [5, 5.41) is 3.41. The first-order valence-corrected chi connectivity index (χ1v) is 7.27. The van der Waals surface area contributed by atoms with E-state index in [0.29, 0.717) is 13.0 Å². The Kier molecular flexibility index (Phi) is 5.01. The lowest BCUT2D eigenvalue weighted by Gasteiger charge is -2.39. The van der Waals surface area contributed by atoms with Gasteiger partial charge in [-0.3, -0.25) is 4.79 Å². The van der Waals surface area contributed by atoms with Crippen LogP contribution in [0.4, 0.5) is 0 Å². The van der Waals surface area contributed by atoms with E-state index in [4.69, 9.17) is 4.74 Å². The van der Waals surface area contributed by atoms with Gasteiger partial charge in [-0.1, -0.05) is 18.2 Å². The minimum Gasteiger partial charge on any atom is -0.494 e. The van der Waals surface area contributed by atoms with Crippen molar-refractivity contribution >= 4 is 5.91 Å². The van der Waals surface area contributed by atoms with E-state index in [1.807, 2.05) is 35.2 Å². The van der Waals surface area contributed by atoms with E-state index in [9.17, 15) is 4.79 Å². The number of nitrogens with one attached hydrogen (secondary N) is 1. The van der Waals surface area contributed by atoms with Crippen LogP contribution in [0, 0.1) is 0 Å². The third-order valence-electron chi connectivity index (χ3n) is 3.47. The van der Waals surface area contributed by atoms with Crippen molar-refractivity contribution in [2.75, 3.05) is 26.2 Å². The highest BCUT2D eigenvalue weighted by Gasteiger charge is 2.27. The second-order valence-corrected chi connectivity index (χ2v) is 5.89. The molecule has 0 spiro atoms. The molecule has 0 saturated carbocycles. The third-order valence-corrected chi connectivity index (χ3v) is 3.47. The van der Waals surface area contributed by atoms with Crippen LogP contribution in [0.5, 0.6) is 5.75 Å². The number of rotatable bonds is 5. The standard InChI is InChI=1S/C16H24N2O2/c1-16(2)13-18(11-10-17-16)15(19)9-6-12-20-14-7-4-3-5-8-14/h3-5,7-8,17H,6,9-13H2,1-2H3. The molecule has 0 unspecified atom stereocenters. The van der Waals surface area contributed by atoms with E-state index in [-0.39, 0.29) is 11.4 Å². The average molecular weight is 276 g/mol. The number of benzene rings is 1. The lowest BCUT2D eigenvalue weighted by molar-refractivity contribution is -0.133. The fourth-order valence-corrected chi connectivity index (χ4v) is 2.44. The van der Waals surface area contributed by atoms with Gasteiger partial charge in [0, 0.05) is 31.6 Å². The fourth-order valence-electron chi connectivity index (χ4n) is 2.44. The van der Waals surface area contributed by atoms with Crippen LogP contribution in [0.3, 0.4) is 0 Å². The molecule has 1 heterocycles. The Hall–Kier alpha value is -1.55. The lowest BCUT2D eigenvalue weighted by atomic mass is 10.0. The van der Waals surface area contributed by atoms with E-state index >= 15 is 0 Å². The predicted octanol–water partition coefficient (Wildman–Crippen LogP) is 2.06. The molecule has 0 aliphatic carbocycles. The Morgan fingerprint density at radius 3 is 2.80 bits per heavy atom. The predicted molar refractivity (Wildman–Crippen MR) is 79.8 cm³/mol. The van der Waals surface area contributed by atoms with Crippen LogP contribution in [-0.2, 0) is 4.79 Å². The van der Waals surface area contributed by atoms with Gasteiger partial charge in [0.2, 0.25) is 5.91 Å². The zero-order chi connectivity index (χ0) is 14.4. The molecule has 2 rings (SSSR count). The van der Waals surface area contributed by atoms with E-state index in [1.54, 1.807) is 0 Å². The summed E-state index contributed by atoms with van der Waals surface area (Å²) < 4.78 is 5.60. The molecule has 1 aromatic rings. The van der Waals surface area contributed by atoms with E-state index in [2.05, 4.69) is 19.2 Å².